The zero-order chi connectivity index (χ0) is 14.4. The Kier molecular flexibility index (Phi) is 5.79. The van der Waals surface area contributed by atoms with Gasteiger partial charge in [0.15, 0.2) is 0 Å². The van der Waals surface area contributed by atoms with E-state index in [1.165, 1.54) is 0 Å². The van der Waals surface area contributed by atoms with E-state index < -0.39 is 6.04 Å². The number of amides is 2. The highest BCUT2D eigenvalue weighted by Gasteiger charge is 2.24. The molecular formula is C14H25N3O3. The standard InChI is InChI=1S/C14H25N3O3/c1-11(14(19)17-6-8-20-9-7-17)16-13(18)10-12-2-4-15-5-3-12/h11-12,15H,2-10H2,1H3,(H,16,18). The van der Waals surface area contributed by atoms with Crippen LogP contribution in [-0.4, -0.2) is 62.1 Å². The molecule has 0 bridgehead atoms. The van der Waals surface area contributed by atoms with Crippen LogP contribution in [0.5, 0.6) is 0 Å². The van der Waals surface area contributed by atoms with E-state index in [0.717, 1.165) is 25.9 Å². The molecule has 2 aliphatic rings. The van der Waals surface area contributed by atoms with Gasteiger partial charge >= 0.3 is 0 Å². The minimum atomic E-state index is -0.442. The fourth-order valence-electron chi connectivity index (χ4n) is 2.77. The summed E-state index contributed by atoms with van der Waals surface area (Å²) in [4.78, 5) is 25.9. The van der Waals surface area contributed by atoms with E-state index in [1.54, 1.807) is 11.8 Å². The highest BCUT2D eigenvalue weighted by atomic mass is 16.5. The van der Waals surface area contributed by atoms with Crippen molar-refractivity contribution in [1.29, 1.82) is 0 Å². The Bertz CT molecular complexity index is 337. The highest BCUT2D eigenvalue weighted by molar-refractivity contribution is 5.87. The van der Waals surface area contributed by atoms with Crippen molar-refractivity contribution in [3.63, 3.8) is 0 Å². The summed E-state index contributed by atoms with van der Waals surface area (Å²) >= 11 is 0. The fraction of sp³-hybridized carbons (Fsp3) is 0.857. The number of piperidine rings is 1. The molecule has 20 heavy (non-hydrogen) atoms. The van der Waals surface area contributed by atoms with Crippen LogP contribution in [0.2, 0.25) is 0 Å². The van der Waals surface area contributed by atoms with Crippen LogP contribution in [0.25, 0.3) is 0 Å². The largest absolute Gasteiger partial charge is 0.378 e. The maximum Gasteiger partial charge on any atom is 0.245 e. The van der Waals surface area contributed by atoms with Crippen LogP contribution < -0.4 is 10.6 Å². The van der Waals surface area contributed by atoms with Crippen LogP contribution in [0.4, 0.5) is 0 Å². The molecule has 2 N–H and O–H groups in total. The summed E-state index contributed by atoms with van der Waals surface area (Å²) in [6.07, 6.45) is 2.61. The Hall–Kier alpha value is -1.14. The zero-order valence-electron chi connectivity index (χ0n) is 12.2. The monoisotopic (exact) mass is 283 g/mol. The van der Waals surface area contributed by atoms with E-state index in [2.05, 4.69) is 10.6 Å². The third-order valence-electron chi connectivity index (χ3n) is 4.00. The molecule has 2 heterocycles. The van der Waals surface area contributed by atoms with Gasteiger partial charge in [-0.2, -0.15) is 0 Å². The predicted octanol–water partition coefficient (Wildman–Crippen LogP) is -0.260. The van der Waals surface area contributed by atoms with Crippen LogP contribution >= 0.6 is 0 Å². The average molecular weight is 283 g/mol. The molecule has 2 aliphatic heterocycles. The summed E-state index contributed by atoms with van der Waals surface area (Å²) in [6, 6.07) is -0.442. The van der Waals surface area contributed by atoms with E-state index in [4.69, 9.17) is 4.74 Å². The van der Waals surface area contributed by atoms with Crippen LogP contribution in [0.1, 0.15) is 26.2 Å². The first-order valence-electron chi connectivity index (χ1n) is 7.53. The fourth-order valence-corrected chi connectivity index (χ4v) is 2.77. The number of ether oxygens (including phenoxy) is 1. The summed E-state index contributed by atoms with van der Waals surface area (Å²) in [6.45, 7) is 6.14. The van der Waals surface area contributed by atoms with Crippen LogP contribution in [0.3, 0.4) is 0 Å². The lowest BCUT2D eigenvalue weighted by Crippen LogP contribution is -2.50. The maximum absolute atomic E-state index is 12.2. The molecular weight excluding hydrogens is 258 g/mol. The molecule has 1 unspecified atom stereocenters. The van der Waals surface area contributed by atoms with Crippen molar-refractivity contribution in [1.82, 2.24) is 15.5 Å². The average Bonchev–Trinajstić information content (AvgIpc) is 2.48. The molecule has 2 amide bonds. The zero-order valence-corrected chi connectivity index (χ0v) is 12.2. The molecule has 6 heteroatoms. The second-order valence-electron chi connectivity index (χ2n) is 5.62. The minimum absolute atomic E-state index is 0.00744. The van der Waals surface area contributed by atoms with Gasteiger partial charge in [-0.15, -0.1) is 0 Å². The first kappa shape index (κ1) is 15.3. The quantitative estimate of drug-likeness (QED) is 0.746. The molecule has 0 aromatic heterocycles. The molecule has 2 rings (SSSR count). The Balaban J connectivity index is 1.73. The second kappa shape index (κ2) is 7.59. The molecule has 114 valence electrons. The van der Waals surface area contributed by atoms with Crippen LogP contribution in [0.15, 0.2) is 0 Å². The van der Waals surface area contributed by atoms with Crippen LogP contribution in [-0.2, 0) is 14.3 Å². The van der Waals surface area contributed by atoms with E-state index in [1.807, 2.05) is 0 Å². The SMILES string of the molecule is CC(NC(=O)CC1CCNCC1)C(=O)N1CCOCC1. The third kappa shape index (κ3) is 4.45. The smallest absolute Gasteiger partial charge is 0.245 e. The van der Waals surface area contributed by atoms with E-state index in [-0.39, 0.29) is 11.8 Å². The topological polar surface area (TPSA) is 70.7 Å². The molecule has 1 atom stereocenters. The molecule has 0 radical (unpaired) electrons. The Morgan fingerprint density at radius 1 is 1.30 bits per heavy atom. The Morgan fingerprint density at radius 2 is 1.95 bits per heavy atom. The van der Waals surface area contributed by atoms with Crippen molar-refractivity contribution >= 4 is 11.8 Å². The van der Waals surface area contributed by atoms with Gasteiger partial charge in [-0.25, -0.2) is 0 Å². The molecule has 2 saturated heterocycles. The van der Waals surface area contributed by atoms with Gasteiger partial charge < -0.3 is 20.3 Å². The summed E-state index contributed by atoms with van der Waals surface area (Å²) in [7, 11) is 0. The molecule has 0 spiro atoms. The molecule has 0 saturated carbocycles. The summed E-state index contributed by atoms with van der Waals surface area (Å²) < 4.78 is 5.22. The number of nitrogens with one attached hydrogen (secondary N) is 2. The molecule has 0 aliphatic carbocycles. The third-order valence-corrected chi connectivity index (χ3v) is 4.00. The van der Waals surface area contributed by atoms with Gasteiger partial charge in [0.1, 0.15) is 6.04 Å². The maximum atomic E-state index is 12.2. The van der Waals surface area contributed by atoms with Gasteiger partial charge in [0.05, 0.1) is 13.2 Å². The summed E-state index contributed by atoms with van der Waals surface area (Å²) in [5.74, 6) is 0.430. The van der Waals surface area contributed by atoms with Gasteiger partial charge in [0.25, 0.3) is 0 Å². The van der Waals surface area contributed by atoms with E-state index >= 15 is 0 Å². The lowest BCUT2D eigenvalue weighted by molar-refractivity contribution is -0.139. The van der Waals surface area contributed by atoms with Crippen molar-refractivity contribution in [2.75, 3.05) is 39.4 Å². The number of rotatable bonds is 4. The van der Waals surface area contributed by atoms with Gasteiger partial charge in [0.2, 0.25) is 11.8 Å². The first-order valence-corrected chi connectivity index (χ1v) is 7.53. The van der Waals surface area contributed by atoms with Gasteiger partial charge in [-0.05, 0) is 38.8 Å². The lowest BCUT2D eigenvalue weighted by Gasteiger charge is -2.29. The lowest BCUT2D eigenvalue weighted by atomic mass is 9.94. The molecule has 2 fully saturated rings. The van der Waals surface area contributed by atoms with Crippen molar-refractivity contribution in [3.05, 3.63) is 0 Å². The number of morpholine rings is 1. The summed E-state index contributed by atoms with van der Waals surface area (Å²) in [5.41, 5.74) is 0. The highest BCUT2D eigenvalue weighted by Crippen LogP contribution is 2.15. The van der Waals surface area contributed by atoms with Crippen molar-refractivity contribution in [3.8, 4) is 0 Å². The van der Waals surface area contributed by atoms with Crippen molar-refractivity contribution in [2.45, 2.75) is 32.2 Å². The Labute approximate surface area is 120 Å². The van der Waals surface area contributed by atoms with E-state index in [9.17, 15) is 9.59 Å². The van der Waals surface area contributed by atoms with Crippen molar-refractivity contribution < 1.29 is 14.3 Å². The van der Waals surface area contributed by atoms with Gasteiger partial charge in [0, 0.05) is 19.5 Å². The number of nitrogens with zero attached hydrogens (tertiary/aromatic N) is 1. The molecule has 6 nitrogen and oxygen atoms in total. The number of hydrogen-bond donors (Lipinski definition) is 2. The molecule has 0 aromatic carbocycles. The van der Waals surface area contributed by atoms with Crippen molar-refractivity contribution in [2.24, 2.45) is 5.92 Å². The minimum Gasteiger partial charge on any atom is -0.378 e. The van der Waals surface area contributed by atoms with Crippen LogP contribution in [0, 0.1) is 5.92 Å². The Morgan fingerprint density at radius 3 is 2.60 bits per heavy atom. The number of carbonyl (C=O) groups is 2. The second-order valence-corrected chi connectivity index (χ2v) is 5.62. The van der Waals surface area contributed by atoms with E-state index in [0.29, 0.717) is 38.6 Å². The summed E-state index contributed by atoms with van der Waals surface area (Å²) in [5, 5.41) is 6.12. The molecule has 0 aromatic rings. The van der Waals surface area contributed by atoms with Gasteiger partial charge in [-0.3, -0.25) is 9.59 Å². The number of hydrogen-bond acceptors (Lipinski definition) is 4. The first-order chi connectivity index (χ1) is 9.66. The predicted molar refractivity (Wildman–Crippen MR) is 75.2 cm³/mol. The van der Waals surface area contributed by atoms with Gasteiger partial charge in [-0.1, -0.05) is 0 Å². The number of carbonyl (C=O) groups excluding carboxylic acids is 2. The normalized spacial score (nSPS) is 22.4.